The zero-order valence-corrected chi connectivity index (χ0v) is 17.3. The number of benzene rings is 1. The molecule has 9 heteroatoms. The molecule has 1 fully saturated rings. The molecule has 3 aromatic rings. The van der Waals surface area contributed by atoms with Crippen LogP contribution in [0.1, 0.15) is 34.1 Å². The van der Waals surface area contributed by atoms with Gasteiger partial charge in [0.15, 0.2) is 11.5 Å². The largest absolute Gasteiger partial charge is 0.380 e. The predicted molar refractivity (Wildman–Crippen MR) is 113 cm³/mol. The Morgan fingerprint density at radius 2 is 2.10 bits per heavy atom. The van der Waals surface area contributed by atoms with Gasteiger partial charge in [-0.05, 0) is 37.2 Å². The number of rotatable bonds is 4. The van der Waals surface area contributed by atoms with E-state index < -0.39 is 5.91 Å². The number of nitrogens with zero attached hydrogens (tertiary/aromatic N) is 6. The third-order valence-electron chi connectivity index (χ3n) is 6.19. The molecule has 0 saturated carbocycles. The molecular weight excluding hydrogens is 382 g/mol. The van der Waals surface area contributed by atoms with E-state index in [9.17, 15) is 4.79 Å². The summed E-state index contributed by atoms with van der Waals surface area (Å²) in [4.78, 5) is 23.2. The number of nitrogens with two attached hydrogens (primary N) is 1. The molecule has 2 aromatic heterocycles. The van der Waals surface area contributed by atoms with Gasteiger partial charge < -0.3 is 14.9 Å². The molecule has 0 spiro atoms. The summed E-state index contributed by atoms with van der Waals surface area (Å²) in [5.74, 6) is 0.386. The Bertz CT molecular complexity index is 1130. The third-order valence-corrected chi connectivity index (χ3v) is 6.19. The van der Waals surface area contributed by atoms with Crippen molar-refractivity contribution in [2.45, 2.75) is 25.1 Å². The Hall–Kier alpha value is -3.17. The number of ether oxygens (including phenoxy) is 1. The molecule has 2 N–H and O–H groups in total. The summed E-state index contributed by atoms with van der Waals surface area (Å²) in [6, 6.07) is 5.77. The number of methoxy groups -OCH3 is 1. The van der Waals surface area contributed by atoms with E-state index in [0.717, 1.165) is 41.4 Å². The van der Waals surface area contributed by atoms with Crippen LogP contribution in [0, 0.1) is 0 Å². The van der Waals surface area contributed by atoms with E-state index in [1.165, 1.54) is 0 Å². The highest BCUT2D eigenvalue weighted by molar-refractivity contribution is 5.93. The number of likely N-dealkylation sites (N-methyl/N-ethyl adjacent to an activating group) is 1. The SMILES string of the molecule is CO[C@H]1C[C@@H](c2cn3cc(N4Cc5cc(C(N)=O)ccc5N4C)ncc3n2)N(C)C1. The Morgan fingerprint density at radius 3 is 2.83 bits per heavy atom. The molecule has 0 unspecified atom stereocenters. The molecule has 30 heavy (non-hydrogen) atoms. The van der Waals surface area contributed by atoms with Crippen LogP contribution in [0.25, 0.3) is 5.65 Å². The monoisotopic (exact) mass is 407 g/mol. The van der Waals surface area contributed by atoms with Gasteiger partial charge in [-0.3, -0.25) is 19.7 Å². The van der Waals surface area contributed by atoms with Crippen molar-refractivity contribution in [1.82, 2.24) is 19.3 Å². The Labute approximate surface area is 174 Å². The molecular formula is C21H25N7O2. The van der Waals surface area contributed by atoms with E-state index in [2.05, 4.69) is 28.1 Å². The smallest absolute Gasteiger partial charge is 0.248 e. The number of aromatic nitrogens is 3. The highest BCUT2D eigenvalue weighted by Gasteiger charge is 2.32. The molecule has 4 heterocycles. The van der Waals surface area contributed by atoms with Crippen molar-refractivity contribution >= 4 is 23.1 Å². The Morgan fingerprint density at radius 1 is 1.27 bits per heavy atom. The lowest BCUT2D eigenvalue weighted by molar-refractivity contribution is 0.1000. The summed E-state index contributed by atoms with van der Waals surface area (Å²) in [5, 5.41) is 4.11. The molecule has 0 radical (unpaired) electrons. The van der Waals surface area contributed by atoms with E-state index in [1.807, 2.05) is 34.8 Å². The lowest BCUT2D eigenvalue weighted by Gasteiger charge is -2.27. The number of amides is 1. The van der Waals surface area contributed by atoms with Crippen LogP contribution in [0.3, 0.4) is 0 Å². The number of carbonyl (C=O) groups excluding carboxylic acids is 1. The third kappa shape index (κ3) is 2.98. The van der Waals surface area contributed by atoms with Crippen molar-refractivity contribution < 1.29 is 9.53 Å². The quantitative estimate of drug-likeness (QED) is 0.702. The number of primary amides is 1. The van der Waals surface area contributed by atoms with Gasteiger partial charge in [0.2, 0.25) is 5.91 Å². The van der Waals surface area contributed by atoms with Crippen molar-refractivity contribution in [2.75, 3.05) is 37.8 Å². The van der Waals surface area contributed by atoms with Crippen LogP contribution in [-0.2, 0) is 11.3 Å². The van der Waals surface area contributed by atoms with E-state index in [-0.39, 0.29) is 12.1 Å². The molecule has 1 amide bonds. The number of hydrogen-bond acceptors (Lipinski definition) is 7. The van der Waals surface area contributed by atoms with Gasteiger partial charge in [-0.25, -0.2) is 9.97 Å². The first kappa shape index (κ1) is 18.8. The summed E-state index contributed by atoms with van der Waals surface area (Å²) in [7, 11) is 5.85. The van der Waals surface area contributed by atoms with Gasteiger partial charge in [0.1, 0.15) is 0 Å². The Balaban J connectivity index is 1.44. The van der Waals surface area contributed by atoms with Crippen LogP contribution in [0.15, 0.2) is 36.8 Å². The molecule has 2 aliphatic rings. The number of imidazole rings is 1. The van der Waals surface area contributed by atoms with E-state index in [4.69, 9.17) is 15.5 Å². The number of hydrogen-bond donors (Lipinski definition) is 1. The van der Waals surface area contributed by atoms with Crippen LogP contribution < -0.4 is 15.8 Å². The van der Waals surface area contributed by atoms with E-state index in [0.29, 0.717) is 12.1 Å². The standard InChI is InChI=1S/C21H25N7O2/c1-25-10-15(30-3)7-18(25)16-11-27-12-20(23-8-19(27)24-16)28-9-14-6-13(21(22)29)4-5-17(14)26(28)2/h4-6,8,11-12,15,18H,7,9-10H2,1-3H3,(H2,22,29)/t15-,18-/m0/s1. The molecule has 0 bridgehead atoms. The molecule has 9 nitrogen and oxygen atoms in total. The van der Waals surface area contributed by atoms with Gasteiger partial charge >= 0.3 is 0 Å². The first-order valence-electron chi connectivity index (χ1n) is 9.96. The average Bonchev–Trinajstić information content (AvgIpc) is 3.41. The van der Waals surface area contributed by atoms with Crippen molar-refractivity contribution in [3.63, 3.8) is 0 Å². The zero-order valence-electron chi connectivity index (χ0n) is 17.3. The molecule has 1 saturated heterocycles. The minimum atomic E-state index is -0.419. The van der Waals surface area contributed by atoms with Gasteiger partial charge in [-0.15, -0.1) is 0 Å². The maximum atomic E-state index is 11.5. The second-order valence-electron chi connectivity index (χ2n) is 8.01. The highest BCUT2D eigenvalue weighted by atomic mass is 16.5. The topological polar surface area (TPSA) is 92.2 Å². The maximum absolute atomic E-state index is 11.5. The molecule has 1 aromatic carbocycles. The fraction of sp³-hybridized carbons (Fsp3) is 0.381. The van der Waals surface area contributed by atoms with Crippen LogP contribution >= 0.6 is 0 Å². The fourth-order valence-electron chi connectivity index (χ4n) is 4.48. The lowest BCUT2D eigenvalue weighted by atomic mass is 10.1. The molecule has 0 aliphatic carbocycles. The first-order chi connectivity index (χ1) is 14.4. The van der Waals surface area contributed by atoms with Crippen LogP contribution in [0.2, 0.25) is 0 Å². The van der Waals surface area contributed by atoms with Crippen LogP contribution in [-0.4, -0.2) is 59.0 Å². The van der Waals surface area contributed by atoms with Gasteiger partial charge in [0.05, 0.1) is 42.5 Å². The molecule has 156 valence electrons. The number of hydrazine groups is 1. The van der Waals surface area contributed by atoms with Gasteiger partial charge in [0.25, 0.3) is 0 Å². The van der Waals surface area contributed by atoms with Gasteiger partial charge in [0, 0.05) is 32.5 Å². The van der Waals surface area contributed by atoms with Crippen LogP contribution in [0.4, 0.5) is 11.5 Å². The molecule has 2 atom stereocenters. The summed E-state index contributed by atoms with van der Waals surface area (Å²) >= 11 is 0. The summed E-state index contributed by atoms with van der Waals surface area (Å²) in [6.07, 6.45) is 7.04. The number of likely N-dealkylation sites (tertiary alicyclic amines) is 1. The maximum Gasteiger partial charge on any atom is 0.248 e. The predicted octanol–water partition coefficient (Wildman–Crippen LogP) is 1.59. The van der Waals surface area contributed by atoms with Crippen molar-refractivity contribution in [3.05, 3.63) is 53.6 Å². The van der Waals surface area contributed by atoms with Gasteiger partial charge in [-0.1, -0.05) is 0 Å². The zero-order chi connectivity index (χ0) is 21.0. The molecule has 5 rings (SSSR count). The number of fused-ring (bicyclic) bond motifs is 2. The summed E-state index contributed by atoms with van der Waals surface area (Å²) in [5.41, 5.74) is 9.87. The number of anilines is 2. The van der Waals surface area contributed by atoms with Crippen molar-refractivity contribution in [2.24, 2.45) is 5.73 Å². The van der Waals surface area contributed by atoms with Crippen molar-refractivity contribution in [1.29, 1.82) is 0 Å². The second-order valence-corrected chi connectivity index (χ2v) is 8.01. The number of carbonyl (C=O) groups is 1. The summed E-state index contributed by atoms with van der Waals surface area (Å²) < 4.78 is 7.56. The van der Waals surface area contributed by atoms with Crippen LogP contribution in [0.5, 0.6) is 0 Å². The fourth-order valence-corrected chi connectivity index (χ4v) is 4.48. The Kier molecular flexibility index (Phi) is 4.37. The molecule has 2 aliphatic heterocycles. The highest BCUT2D eigenvalue weighted by Crippen LogP contribution is 2.34. The lowest BCUT2D eigenvalue weighted by Crippen LogP contribution is -2.34. The minimum absolute atomic E-state index is 0.237. The summed E-state index contributed by atoms with van der Waals surface area (Å²) in [6.45, 7) is 1.52. The second kappa shape index (κ2) is 6.96. The average molecular weight is 407 g/mol. The minimum Gasteiger partial charge on any atom is -0.380 e. The van der Waals surface area contributed by atoms with Gasteiger partial charge in [-0.2, -0.15) is 0 Å². The first-order valence-corrected chi connectivity index (χ1v) is 9.96. The normalized spacial score (nSPS) is 21.6. The van der Waals surface area contributed by atoms with E-state index in [1.54, 1.807) is 19.4 Å². The van der Waals surface area contributed by atoms with Crippen molar-refractivity contribution in [3.8, 4) is 0 Å². The van der Waals surface area contributed by atoms with E-state index >= 15 is 0 Å².